The molecule has 1 aliphatic rings. The topological polar surface area (TPSA) is 45.2 Å². The van der Waals surface area contributed by atoms with Gasteiger partial charge in [0.25, 0.3) is 0 Å². The number of hydrogen-bond acceptors (Lipinski definition) is 4. The van der Waals surface area contributed by atoms with Crippen LogP contribution in [-0.2, 0) is 11.3 Å². The summed E-state index contributed by atoms with van der Waals surface area (Å²) in [5.41, 5.74) is 1.95. The van der Waals surface area contributed by atoms with E-state index in [4.69, 9.17) is 11.6 Å². The summed E-state index contributed by atoms with van der Waals surface area (Å²) in [5.74, 6) is 0.203. The third-order valence-electron chi connectivity index (χ3n) is 3.60. The van der Waals surface area contributed by atoms with E-state index in [1.807, 2.05) is 29.2 Å². The first kappa shape index (κ1) is 14.4. The molecule has 2 heterocycles. The molecule has 1 aliphatic heterocycles. The van der Waals surface area contributed by atoms with E-state index < -0.39 is 0 Å². The number of anilines is 2. The quantitative estimate of drug-likeness (QED) is 0.928. The van der Waals surface area contributed by atoms with E-state index in [0.29, 0.717) is 17.4 Å². The van der Waals surface area contributed by atoms with Crippen molar-refractivity contribution in [2.24, 2.45) is 0 Å². The van der Waals surface area contributed by atoms with Crippen molar-refractivity contribution in [2.45, 2.75) is 32.4 Å². The van der Waals surface area contributed by atoms with Gasteiger partial charge in [0.1, 0.15) is 0 Å². The molecule has 1 saturated heterocycles. The van der Waals surface area contributed by atoms with Gasteiger partial charge in [0, 0.05) is 34.9 Å². The van der Waals surface area contributed by atoms with Crippen LogP contribution in [0.15, 0.2) is 30.5 Å². The summed E-state index contributed by atoms with van der Waals surface area (Å²) < 4.78 is 0.553. The normalized spacial score (nSPS) is 18.3. The predicted molar refractivity (Wildman–Crippen MR) is 87.1 cm³/mol. The predicted octanol–water partition coefficient (Wildman–Crippen LogP) is 3.92. The summed E-state index contributed by atoms with van der Waals surface area (Å²) in [5, 5.41) is 3.34. The van der Waals surface area contributed by atoms with Crippen molar-refractivity contribution in [3.05, 3.63) is 39.8 Å². The molecule has 0 aliphatic carbocycles. The minimum absolute atomic E-state index is 0.203. The van der Waals surface area contributed by atoms with Gasteiger partial charge in [-0.15, -0.1) is 11.3 Å². The van der Waals surface area contributed by atoms with Crippen molar-refractivity contribution in [1.29, 1.82) is 0 Å². The van der Waals surface area contributed by atoms with Crippen LogP contribution in [-0.4, -0.2) is 16.9 Å². The molecule has 1 atom stereocenters. The lowest BCUT2D eigenvalue weighted by Crippen LogP contribution is -2.30. The van der Waals surface area contributed by atoms with Crippen molar-refractivity contribution in [1.82, 2.24) is 4.98 Å². The number of rotatable bonds is 4. The van der Waals surface area contributed by atoms with Crippen molar-refractivity contribution in [3.8, 4) is 0 Å². The molecule has 0 radical (unpaired) electrons. The number of thiazole rings is 1. The van der Waals surface area contributed by atoms with Gasteiger partial charge in [0.2, 0.25) is 5.91 Å². The molecule has 1 aromatic carbocycles. The number of aromatic nitrogens is 1. The van der Waals surface area contributed by atoms with Crippen LogP contribution in [0.1, 0.15) is 24.6 Å². The minimum atomic E-state index is 0.203. The SMILES string of the molecule is CC1CCC(=O)N1c1cccc(NCc2cnc(Cl)s2)c1. The number of halogens is 1. The summed E-state index contributed by atoms with van der Waals surface area (Å²) in [7, 11) is 0. The molecule has 6 heteroatoms. The molecule has 3 rings (SSSR count). The lowest BCUT2D eigenvalue weighted by atomic mass is 10.2. The third kappa shape index (κ3) is 3.19. The molecule has 110 valence electrons. The highest BCUT2D eigenvalue weighted by Crippen LogP contribution is 2.28. The fourth-order valence-corrected chi connectivity index (χ4v) is 3.46. The van der Waals surface area contributed by atoms with Gasteiger partial charge in [0.05, 0.1) is 6.54 Å². The molecule has 1 fully saturated rings. The summed E-state index contributed by atoms with van der Waals surface area (Å²) in [6, 6.07) is 8.23. The first-order chi connectivity index (χ1) is 10.1. The summed E-state index contributed by atoms with van der Waals surface area (Å²) >= 11 is 7.29. The number of benzene rings is 1. The molecule has 1 aromatic heterocycles. The fourth-order valence-electron chi connectivity index (χ4n) is 2.55. The Balaban J connectivity index is 1.72. The average Bonchev–Trinajstić information content (AvgIpc) is 3.03. The highest BCUT2D eigenvalue weighted by atomic mass is 35.5. The van der Waals surface area contributed by atoms with E-state index in [1.54, 1.807) is 6.20 Å². The average molecular weight is 322 g/mol. The molecule has 1 unspecified atom stereocenters. The molecular formula is C15H16ClN3OS. The first-order valence-corrected chi connectivity index (χ1v) is 8.09. The lowest BCUT2D eigenvalue weighted by Gasteiger charge is -2.22. The van der Waals surface area contributed by atoms with Crippen LogP contribution in [0, 0.1) is 0 Å². The van der Waals surface area contributed by atoms with Gasteiger partial charge < -0.3 is 10.2 Å². The third-order valence-corrected chi connectivity index (χ3v) is 4.72. The van der Waals surface area contributed by atoms with E-state index >= 15 is 0 Å². The molecular weight excluding hydrogens is 306 g/mol. The van der Waals surface area contributed by atoms with Gasteiger partial charge in [-0.1, -0.05) is 17.7 Å². The summed E-state index contributed by atoms with van der Waals surface area (Å²) in [6.07, 6.45) is 3.34. The number of amides is 1. The maximum Gasteiger partial charge on any atom is 0.227 e. The Morgan fingerprint density at radius 1 is 1.52 bits per heavy atom. The largest absolute Gasteiger partial charge is 0.380 e. The standard InChI is InChI=1S/C15H16ClN3OS/c1-10-5-6-14(20)19(10)12-4-2-3-11(7-12)17-8-13-9-18-15(16)21-13/h2-4,7,9-10,17H,5-6,8H2,1H3. The molecule has 0 spiro atoms. The molecule has 1 amide bonds. The van der Waals surface area contributed by atoms with Crippen LogP contribution in [0.5, 0.6) is 0 Å². The first-order valence-electron chi connectivity index (χ1n) is 6.89. The Morgan fingerprint density at radius 2 is 2.38 bits per heavy atom. The summed E-state index contributed by atoms with van der Waals surface area (Å²) in [4.78, 5) is 18.9. The van der Waals surface area contributed by atoms with Gasteiger partial charge in [-0.3, -0.25) is 4.79 Å². The van der Waals surface area contributed by atoms with E-state index in [9.17, 15) is 4.79 Å². The van der Waals surface area contributed by atoms with Crippen molar-refractivity contribution >= 4 is 40.2 Å². The lowest BCUT2D eigenvalue weighted by molar-refractivity contribution is -0.117. The van der Waals surface area contributed by atoms with E-state index in [2.05, 4.69) is 17.2 Å². The maximum atomic E-state index is 12.0. The van der Waals surface area contributed by atoms with Gasteiger partial charge in [-0.2, -0.15) is 0 Å². The second kappa shape index (κ2) is 6.03. The van der Waals surface area contributed by atoms with Crippen LogP contribution in [0.3, 0.4) is 0 Å². The van der Waals surface area contributed by atoms with Crippen LogP contribution in [0.25, 0.3) is 0 Å². The van der Waals surface area contributed by atoms with E-state index in [0.717, 1.165) is 22.7 Å². The highest BCUT2D eigenvalue weighted by molar-refractivity contribution is 7.15. The van der Waals surface area contributed by atoms with Crippen LogP contribution >= 0.6 is 22.9 Å². The van der Waals surface area contributed by atoms with Crippen LogP contribution in [0.4, 0.5) is 11.4 Å². The minimum Gasteiger partial charge on any atom is -0.380 e. The van der Waals surface area contributed by atoms with Gasteiger partial charge in [0.15, 0.2) is 4.47 Å². The van der Waals surface area contributed by atoms with Crippen molar-refractivity contribution in [2.75, 3.05) is 10.2 Å². The Morgan fingerprint density at radius 3 is 3.05 bits per heavy atom. The number of carbonyl (C=O) groups excluding carboxylic acids is 1. The van der Waals surface area contributed by atoms with Crippen molar-refractivity contribution in [3.63, 3.8) is 0 Å². The fraction of sp³-hybridized carbons (Fsp3) is 0.333. The van der Waals surface area contributed by atoms with Crippen LogP contribution in [0.2, 0.25) is 4.47 Å². The maximum absolute atomic E-state index is 12.0. The van der Waals surface area contributed by atoms with Gasteiger partial charge >= 0.3 is 0 Å². The molecule has 0 bridgehead atoms. The van der Waals surface area contributed by atoms with Gasteiger partial charge in [-0.25, -0.2) is 4.98 Å². The number of nitrogens with one attached hydrogen (secondary N) is 1. The Hall–Kier alpha value is -1.59. The Labute approximate surface area is 132 Å². The Kier molecular flexibility index (Phi) is 4.12. The zero-order valence-electron chi connectivity index (χ0n) is 11.7. The van der Waals surface area contributed by atoms with Crippen LogP contribution < -0.4 is 10.2 Å². The molecule has 1 N–H and O–H groups in total. The number of hydrogen-bond donors (Lipinski definition) is 1. The molecule has 2 aromatic rings. The second-order valence-corrected chi connectivity index (χ2v) is 6.83. The smallest absolute Gasteiger partial charge is 0.227 e. The monoisotopic (exact) mass is 321 g/mol. The highest BCUT2D eigenvalue weighted by Gasteiger charge is 2.28. The molecule has 4 nitrogen and oxygen atoms in total. The zero-order valence-corrected chi connectivity index (χ0v) is 13.2. The number of nitrogens with zero attached hydrogens (tertiary/aromatic N) is 2. The van der Waals surface area contributed by atoms with E-state index in [-0.39, 0.29) is 11.9 Å². The molecule has 0 saturated carbocycles. The van der Waals surface area contributed by atoms with E-state index in [1.165, 1.54) is 11.3 Å². The Bertz CT molecular complexity index is 658. The zero-order chi connectivity index (χ0) is 14.8. The second-order valence-electron chi connectivity index (χ2n) is 5.13. The van der Waals surface area contributed by atoms with Gasteiger partial charge in [-0.05, 0) is 31.5 Å². The summed E-state index contributed by atoms with van der Waals surface area (Å²) in [6.45, 7) is 2.77. The number of carbonyl (C=O) groups is 1. The molecule has 21 heavy (non-hydrogen) atoms. The van der Waals surface area contributed by atoms with Crippen molar-refractivity contribution < 1.29 is 4.79 Å².